The number of hydrogen-bond acceptors (Lipinski definition) is 2. The summed E-state index contributed by atoms with van der Waals surface area (Å²) in [7, 11) is 0. The van der Waals surface area contributed by atoms with Gasteiger partial charge >= 0.3 is 0 Å². The number of rotatable bonds is 5. The van der Waals surface area contributed by atoms with Crippen LogP contribution in [0.3, 0.4) is 0 Å². The predicted octanol–water partition coefficient (Wildman–Crippen LogP) is 2.61. The summed E-state index contributed by atoms with van der Waals surface area (Å²) in [5.41, 5.74) is 7.56. The number of aryl methyl sites for hydroxylation is 1. The molecule has 3 N–H and O–H groups in total. The zero-order chi connectivity index (χ0) is 12.1. The van der Waals surface area contributed by atoms with E-state index >= 15 is 0 Å². The Morgan fingerprint density at radius 3 is 2.62 bits per heavy atom. The van der Waals surface area contributed by atoms with Gasteiger partial charge in [-0.25, -0.2) is 8.78 Å². The molecule has 0 aliphatic heterocycles. The molecule has 0 bridgehead atoms. The minimum atomic E-state index is -2.36. The van der Waals surface area contributed by atoms with Crippen LogP contribution in [0, 0.1) is 6.92 Å². The van der Waals surface area contributed by atoms with Gasteiger partial charge in [-0.1, -0.05) is 28.1 Å². The molecule has 1 aromatic rings. The van der Waals surface area contributed by atoms with Crippen molar-refractivity contribution in [1.29, 1.82) is 0 Å². The highest BCUT2D eigenvalue weighted by Gasteiger charge is 2.12. The predicted molar refractivity (Wildman–Crippen MR) is 64.7 cm³/mol. The van der Waals surface area contributed by atoms with Gasteiger partial charge in [0.1, 0.15) is 0 Å². The lowest BCUT2D eigenvalue weighted by Gasteiger charge is -2.17. The third-order valence-electron chi connectivity index (χ3n) is 2.34. The quantitative estimate of drug-likeness (QED) is 0.876. The van der Waals surface area contributed by atoms with E-state index in [9.17, 15) is 8.78 Å². The molecule has 1 unspecified atom stereocenters. The van der Waals surface area contributed by atoms with Gasteiger partial charge < -0.3 is 11.1 Å². The Morgan fingerprint density at radius 1 is 1.44 bits per heavy atom. The van der Waals surface area contributed by atoms with Crippen molar-refractivity contribution in [2.45, 2.75) is 19.4 Å². The summed E-state index contributed by atoms with van der Waals surface area (Å²) in [6.45, 7) is 1.92. The molecule has 0 aliphatic rings. The molecule has 0 amide bonds. The van der Waals surface area contributed by atoms with Crippen molar-refractivity contribution in [2.24, 2.45) is 5.73 Å². The standard InChI is InChI=1S/C11H15BrF2N2/c1-7-4-8(2-3-9(7)12)10(5-15)16-6-11(13)14/h2-4,10-11,16H,5-6,15H2,1H3. The van der Waals surface area contributed by atoms with Crippen molar-refractivity contribution in [3.8, 4) is 0 Å². The summed E-state index contributed by atoms with van der Waals surface area (Å²) in [6.07, 6.45) is -2.36. The summed E-state index contributed by atoms with van der Waals surface area (Å²) in [5, 5.41) is 2.74. The Morgan fingerprint density at radius 2 is 2.12 bits per heavy atom. The molecule has 1 aromatic carbocycles. The molecular weight excluding hydrogens is 278 g/mol. The minimum absolute atomic E-state index is 0.221. The molecule has 0 saturated heterocycles. The van der Waals surface area contributed by atoms with E-state index in [4.69, 9.17) is 5.73 Å². The first-order chi connectivity index (χ1) is 7.54. The van der Waals surface area contributed by atoms with Crippen LogP contribution < -0.4 is 11.1 Å². The van der Waals surface area contributed by atoms with Gasteiger partial charge in [0.05, 0.1) is 6.54 Å². The summed E-state index contributed by atoms with van der Waals surface area (Å²) in [4.78, 5) is 0. The molecule has 0 fully saturated rings. The lowest BCUT2D eigenvalue weighted by atomic mass is 10.0. The Hall–Kier alpha value is -0.520. The molecule has 0 radical (unpaired) electrons. The van der Waals surface area contributed by atoms with Gasteiger partial charge in [-0.05, 0) is 24.1 Å². The Kier molecular flexibility index (Phi) is 5.31. The van der Waals surface area contributed by atoms with Crippen molar-refractivity contribution < 1.29 is 8.78 Å². The molecule has 5 heteroatoms. The Bertz CT molecular complexity index is 345. The van der Waals surface area contributed by atoms with Gasteiger partial charge in [0, 0.05) is 17.1 Å². The highest BCUT2D eigenvalue weighted by atomic mass is 79.9. The third kappa shape index (κ3) is 3.81. The number of benzene rings is 1. The number of nitrogens with one attached hydrogen (secondary N) is 1. The topological polar surface area (TPSA) is 38.0 Å². The maximum absolute atomic E-state index is 12.1. The average Bonchev–Trinajstić information content (AvgIpc) is 2.23. The first-order valence-corrected chi connectivity index (χ1v) is 5.81. The molecule has 1 rings (SSSR count). The molecule has 0 spiro atoms. The Labute approximate surface area is 102 Å². The fourth-order valence-electron chi connectivity index (χ4n) is 1.45. The summed E-state index contributed by atoms with van der Waals surface area (Å²) in [6, 6.07) is 5.51. The van der Waals surface area contributed by atoms with Crippen LogP contribution in [0.2, 0.25) is 0 Å². The van der Waals surface area contributed by atoms with Crippen LogP contribution in [-0.4, -0.2) is 19.5 Å². The van der Waals surface area contributed by atoms with Crippen LogP contribution in [-0.2, 0) is 0 Å². The van der Waals surface area contributed by atoms with Crippen molar-refractivity contribution in [2.75, 3.05) is 13.1 Å². The zero-order valence-corrected chi connectivity index (χ0v) is 10.6. The normalized spacial score (nSPS) is 13.1. The SMILES string of the molecule is Cc1cc(C(CN)NCC(F)F)ccc1Br. The molecule has 16 heavy (non-hydrogen) atoms. The number of alkyl halides is 2. The second-order valence-corrected chi connectivity index (χ2v) is 4.45. The number of halogens is 3. The van der Waals surface area contributed by atoms with Gasteiger partial charge in [0.25, 0.3) is 6.43 Å². The van der Waals surface area contributed by atoms with E-state index < -0.39 is 6.43 Å². The fraction of sp³-hybridized carbons (Fsp3) is 0.455. The largest absolute Gasteiger partial charge is 0.329 e. The van der Waals surface area contributed by atoms with Crippen LogP contribution in [0.4, 0.5) is 8.78 Å². The van der Waals surface area contributed by atoms with Crippen molar-refractivity contribution >= 4 is 15.9 Å². The molecule has 90 valence electrons. The molecule has 2 nitrogen and oxygen atoms in total. The molecule has 0 aliphatic carbocycles. The lowest BCUT2D eigenvalue weighted by Crippen LogP contribution is -2.31. The van der Waals surface area contributed by atoms with Crippen LogP contribution in [0.25, 0.3) is 0 Å². The highest BCUT2D eigenvalue weighted by molar-refractivity contribution is 9.10. The minimum Gasteiger partial charge on any atom is -0.329 e. The van der Waals surface area contributed by atoms with E-state index in [1.807, 2.05) is 25.1 Å². The molecule has 0 heterocycles. The van der Waals surface area contributed by atoms with Crippen molar-refractivity contribution in [3.05, 3.63) is 33.8 Å². The molecular formula is C11H15BrF2N2. The van der Waals surface area contributed by atoms with Crippen LogP contribution in [0.5, 0.6) is 0 Å². The maximum Gasteiger partial charge on any atom is 0.250 e. The number of hydrogen-bond donors (Lipinski definition) is 2. The first kappa shape index (κ1) is 13.5. The van der Waals surface area contributed by atoms with Gasteiger partial charge in [-0.2, -0.15) is 0 Å². The average molecular weight is 293 g/mol. The van der Waals surface area contributed by atoms with E-state index in [0.29, 0.717) is 6.54 Å². The summed E-state index contributed by atoms with van der Waals surface area (Å²) < 4.78 is 25.2. The van der Waals surface area contributed by atoms with E-state index in [1.54, 1.807) is 0 Å². The van der Waals surface area contributed by atoms with Gasteiger partial charge in [-0.15, -0.1) is 0 Å². The van der Waals surface area contributed by atoms with Crippen molar-refractivity contribution in [1.82, 2.24) is 5.32 Å². The highest BCUT2D eigenvalue weighted by Crippen LogP contribution is 2.21. The van der Waals surface area contributed by atoms with Crippen LogP contribution in [0.1, 0.15) is 17.2 Å². The van der Waals surface area contributed by atoms with Crippen molar-refractivity contribution in [3.63, 3.8) is 0 Å². The van der Waals surface area contributed by atoms with Crippen LogP contribution >= 0.6 is 15.9 Å². The van der Waals surface area contributed by atoms with E-state index in [2.05, 4.69) is 21.2 Å². The van der Waals surface area contributed by atoms with Gasteiger partial charge in [0.2, 0.25) is 0 Å². The third-order valence-corrected chi connectivity index (χ3v) is 3.23. The molecule has 0 saturated carbocycles. The number of nitrogens with two attached hydrogens (primary N) is 1. The maximum atomic E-state index is 12.1. The van der Waals surface area contributed by atoms with Crippen LogP contribution in [0.15, 0.2) is 22.7 Å². The summed E-state index contributed by atoms with van der Waals surface area (Å²) >= 11 is 3.39. The lowest BCUT2D eigenvalue weighted by molar-refractivity contribution is 0.141. The fourth-order valence-corrected chi connectivity index (χ4v) is 1.70. The summed E-state index contributed by atoms with van der Waals surface area (Å²) in [5.74, 6) is 0. The first-order valence-electron chi connectivity index (χ1n) is 5.02. The smallest absolute Gasteiger partial charge is 0.250 e. The molecule has 1 atom stereocenters. The monoisotopic (exact) mass is 292 g/mol. The van der Waals surface area contributed by atoms with E-state index in [1.165, 1.54) is 0 Å². The zero-order valence-electron chi connectivity index (χ0n) is 9.01. The van der Waals surface area contributed by atoms with E-state index in [0.717, 1.165) is 15.6 Å². The molecule has 0 aromatic heterocycles. The van der Waals surface area contributed by atoms with E-state index in [-0.39, 0.29) is 12.6 Å². The van der Waals surface area contributed by atoms with Gasteiger partial charge in [0.15, 0.2) is 0 Å². The Balaban J connectivity index is 2.74. The second kappa shape index (κ2) is 6.27. The second-order valence-electron chi connectivity index (χ2n) is 3.60. The van der Waals surface area contributed by atoms with Gasteiger partial charge in [-0.3, -0.25) is 0 Å².